The van der Waals surface area contributed by atoms with E-state index in [0.29, 0.717) is 11.6 Å². The quantitative estimate of drug-likeness (QED) is 0.787. The molecule has 5 heteroatoms. The van der Waals surface area contributed by atoms with Gasteiger partial charge in [-0.25, -0.2) is 0 Å². The van der Waals surface area contributed by atoms with E-state index in [1.807, 2.05) is 6.07 Å². The number of hydrogen-bond donors (Lipinski definition) is 2. The van der Waals surface area contributed by atoms with Crippen LogP contribution in [-0.4, -0.2) is 18.0 Å². The summed E-state index contributed by atoms with van der Waals surface area (Å²) in [6.07, 6.45) is 2.12. The van der Waals surface area contributed by atoms with Crippen molar-refractivity contribution in [1.29, 1.82) is 0 Å². The molecule has 2 rings (SSSR count). The number of nitrogens with one attached hydrogen (secondary N) is 1. The van der Waals surface area contributed by atoms with Crippen LogP contribution in [0.1, 0.15) is 12.0 Å². The fraction of sp³-hybridized carbons (Fsp3) is 0.308. The van der Waals surface area contributed by atoms with Crippen LogP contribution in [0.5, 0.6) is 5.75 Å². The van der Waals surface area contributed by atoms with Crippen LogP contribution in [0.3, 0.4) is 0 Å². The molecule has 0 aliphatic carbocycles. The molecular weight excluding hydrogens is 246 g/mol. The lowest BCUT2D eigenvalue weighted by molar-refractivity contribution is 0.419. The molecule has 0 fully saturated rings. The zero-order valence-corrected chi connectivity index (χ0v) is 11.2. The van der Waals surface area contributed by atoms with Crippen LogP contribution in [0.2, 0.25) is 0 Å². The topological polar surface area (TPSA) is 60.2 Å². The fourth-order valence-electron chi connectivity index (χ4n) is 1.74. The highest BCUT2D eigenvalue weighted by Crippen LogP contribution is 2.34. The van der Waals surface area contributed by atoms with Gasteiger partial charge in [-0.2, -0.15) is 4.37 Å². The Labute approximate surface area is 111 Å². The van der Waals surface area contributed by atoms with E-state index in [2.05, 4.69) is 34.0 Å². The maximum Gasteiger partial charge on any atom is 0.197 e. The Kier molecular flexibility index (Phi) is 4.41. The molecule has 0 unspecified atom stereocenters. The summed E-state index contributed by atoms with van der Waals surface area (Å²) in [6.45, 7) is 0.882. The smallest absolute Gasteiger partial charge is 0.197 e. The molecule has 96 valence electrons. The Balaban J connectivity index is 1.78. The van der Waals surface area contributed by atoms with Crippen LogP contribution in [0.25, 0.3) is 0 Å². The predicted octanol–water partition coefficient (Wildman–Crippen LogP) is 2.78. The van der Waals surface area contributed by atoms with Crippen LogP contribution in [0, 0.1) is 0 Å². The number of nitrogens with zero attached hydrogens (tertiary/aromatic N) is 1. The number of methoxy groups -OCH3 is 1. The minimum absolute atomic E-state index is 0.452. The van der Waals surface area contributed by atoms with Crippen LogP contribution in [0.4, 0.5) is 10.8 Å². The van der Waals surface area contributed by atoms with Gasteiger partial charge < -0.3 is 15.8 Å². The summed E-state index contributed by atoms with van der Waals surface area (Å²) in [5, 5.41) is 4.21. The van der Waals surface area contributed by atoms with E-state index in [1.54, 1.807) is 7.11 Å². The number of rotatable bonds is 6. The van der Waals surface area contributed by atoms with Gasteiger partial charge in [-0.3, -0.25) is 0 Å². The van der Waals surface area contributed by atoms with Gasteiger partial charge in [0.1, 0.15) is 0 Å². The van der Waals surface area contributed by atoms with Crippen molar-refractivity contribution in [3.8, 4) is 5.75 Å². The van der Waals surface area contributed by atoms with Gasteiger partial charge in [0.05, 0.1) is 7.11 Å². The molecule has 0 aliphatic heterocycles. The Bertz CT molecular complexity index is 484. The predicted molar refractivity (Wildman–Crippen MR) is 76.3 cm³/mol. The first-order valence-corrected chi connectivity index (χ1v) is 6.65. The highest BCUT2D eigenvalue weighted by atomic mass is 32.1. The largest absolute Gasteiger partial charge is 0.490 e. The third-order valence-electron chi connectivity index (χ3n) is 2.65. The normalized spacial score (nSPS) is 10.3. The summed E-state index contributed by atoms with van der Waals surface area (Å²) < 4.78 is 9.25. The van der Waals surface area contributed by atoms with E-state index in [1.165, 1.54) is 17.1 Å². The van der Waals surface area contributed by atoms with Crippen molar-refractivity contribution in [2.75, 3.05) is 24.7 Å². The van der Waals surface area contributed by atoms with Gasteiger partial charge in [-0.05, 0) is 29.9 Å². The number of anilines is 2. The summed E-state index contributed by atoms with van der Waals surface area (Å²) in [4.78, 5) is 0. The van der Waals surface area contributed by atoms with Crippen molar-refractivity contribution in [2.45, 2.75) is 12.8 Å². The number of nitrogen functional groups attached to an aromatic ring is 1. The SMILES string of the molecule is COc1c(N)nsc1NCCCc1ccccc1. The molecule has 18 heavy (non-hydrogen) atoms. The molecule has 0 spiro atoms. The minimum Gasteiger partial charge on any atom is -0.490 e. The molecule has 1 heterocycles. The van der Waals surface area contributed by atoms with Crippen LogP contribution >= 0.6 is 11.5 Å². The first kappa shape index (κ1) is 12.7. The van der Waals surface area contributed by atoms with Gasteiger partial charge in [0.2, 0.25) is 0 Å². The molecule has 0 radical (unpaired) electrons. The van der Waals surface area contributed by atoms with Crippen molar-refractivity contribution in [1.82, 2.24) is 4.37 Å². The molecular formula is C13H17N3OS. The van der Waals surface area contributed by atoms with Crippen LogP contribution in [0.15, 0.2) is 30.3 Å². The number of hydrogen-bond acceptors (Lipinski definition) is 5. The van der Waals surface area contributed by atoms with E-state index in [9.17, 15) is 0 Å². The van der Waals surface area contributed by atoms with E-state index < -0.39 is 0 Å². The number of aryl methyl sites for hydroxylation is 1. The molecule has 0 saturated carbocycles. The summed E-state index contributed by atoms with van der Waals surface area (Å²) in [7, 11) is 1.61. The molecule has 1 aromatic heterocycles. The fourth-order valence-corrected chi connectivity index (χ4v) is 2.45. The second-order valence-electron chi connectivity index (χ2n) is 3.95. The highest BCUT2D eigenvalue weighted by molar-refractivity contribution is 7.11. The molecule has 3 N–H and O–H groups in total. The number of aromatic nitrogens is 1. The first-order valence-electron chi connectivity index (χ1n) is 5.88. The summed E-state index contributed by atoms with van der Waals surface area (Å²) in [5.74, 6) is 1.10. The third kappa shape index (κ3) is 3.13. The highest BCUT2D eigenvalue weighted by Gasteiger charge is 2.10. The number of nitrogens with two attached hydrogens (primary N) is 1. The van der Waals surface area contributed by atoms with Gasteiger partial charge in [-0.15, -0.1) is 0 Å². The molecule has 0 amide bonds. The van der Waals surface area contributed by atoms with E-state index in [4.69, 9.17) is 10.5 Å². The number of ether oxygens (including phenoxy) is 1. The Morgan fingerprint density at radius 2 is 2.11 bits per heavy atom. The van der Waals surface area contributed by atoms with Crippen molar-refractivity contribution in [3.05, 3.63) is 35.9 Å². The van der Waals surface area contributed by atoms with Crippen LogP contribution in [-0.2, 0) is 6.42 Å². The molecule has 0 saturated heterocycles. The Morgan fingerprint density at radius 1 is 1.33 bits per heavy atom. The summed E-state index contributed by atoms with van der Waals surface area (Å²) in [6, 6.07) is 10.5. The van der Waals surface area contributed by atoms with E-state index in [0.717, 1.165) is 24.4 Å². The van der Waals surface area contributed by atoms with Gasteiger partial charge in [0, 0.05) is 6.54 Å². The second kappa shape index (κ2) is 6.26. The molecule has 4 nitrogen and oxygen atoms in total. The molecule has 0 bridgehead atoms. The molecule has 1 aromatic carbocycles. The zero-order chi connectivity index (χ0) is 12.8. The summed E-state index contributed by atoms with van der Waals surface area (Å²) >= 11 is 1.34. The zero-order valence-electron chi connectivity index (χ0n) is 10.3. The standard InChI is InChI=1S/C13H17N3OS/c1-17-11-12(14)16-18-13(11)15-9-5-8-10-6-3-2-4-7-10/h2-4,6-7,15H,5,8-9H2,1H3,(H2,14,16). The maximum atomic E-state index is 5.68. The molecule has 0 aliphatic rings. The van der Waals surface area contributed by atoms with Crippen LogP contribution < -0.4 is 15.8 Å². The lowest BCUT2D eigenvalue weighted by Gasteiger charge is -2.06. The second-order valence-corrected chi connectivity index (χ2v) is 4.72. The van der Waals surface area contributed by atoms with Crippen molar-refractivity contribution in [3.63, 3.8) is 0 Å². The summed E-state index contributed by atoms with van der Waals surface area (Å²) in [5.41, 5.74) is 7.04. The molecule has 0 atom stereocenters. The third-order valence-corrected chi connectivity index (χ3v) is 3.45. The van der Waals surface area contributed by atoms with Gasteiger partial charge in [0.25, 0.3) is 0 Å². The average Bonchev–Trinajstić information content (AvgIpc) is 2.76. The van der Waals surface area contributed by atoms with E-state index in [-0.39, 0.29) is 0 Å². The number of benzene rings is 1. The van der Waals surface area contributed by atoms with E-state index >= 15 is 0 Å². The lowest BCUT2D eigenvalue weighted by Crippen LogP contribution is -2.03. The van der Waals surface area contributed by atoms with Crippen molar-refractivity contribution >= 4 is 22.4 Å². The van der Waals surface area contributed by atoms with Gasteiger partial charge in [0.15, 0.2) is 16.6 Å². The first-order chi connectivity index (χ1) is 8.81. The monoisotopic (exact) mass is 263 g/mol. The Hall–Kier alpha value is -1.75. The van der Waals surface area contributed by atoms with Crippen molar-refractivity contribution in [2.24, 2.45) is 0 Å². The van der Waals surface area contributed by atoms with Gasteiger partial charge >= 0.3 is 0 Å². The Morgan fingerprint density at radius 3 is 2.83 bits per heavy atom. The van der Waals surface area contributed by atoms with Crippen molar-refractivity contribution < 1.29 is 4.74 Å². The molecule has 2 aromatic rings. The minimum atomic E-state index is 0.452. The average molecular weight is 263 g/mol. The van der Waals surface area contributed by atoms with Gasteiger partial charge in [-0.1, -0.05) is 30.3 Å². The maximum absolute atomic E-state index is 5.68. The lowest BCUT2D eigenvalue weighted by atomic mass is 10.1.